The number of carbonyl (C=O) groups is 1. The summed E-state index contributed by atoms with van der Waals surface area (Å²) in [7, 11) is 0. The molecule has 1 aliphatic rings. The maximum Gasteiger partial charge on any atom is 0.269 e. The van der Waals surface area contributed by atoms with Crippen molar-refractivity contribution >= 4 is 34.2 Å². The third-order valence-electron chi connectivity index (χ3n) is 3.39. The first-order chi connectivity index (χ1) is 9.08. The van der Waals surface area contributed by atoms with Gasteiger partial charge in [-0.05, 0) is 12.5 Å². The zero-order chi connectivity index (χ0) is 13.6. The lowest BCUT2D eigenvalue weighted by atomic mass is 10.2. The third-order valence-corrected chi connectivity index (χ3v) is 3.75. The Labute approximate surface area is 114 Å². The predicted molar refractivity (Wildman–Crippen MR) is 74.4 cm³/mol. The van der Waals surface area contributed by atoms with E-state index in [1.54, 1.807) is 6.20 Å². The van der Waals surface area contributed by atoms with Gasteiger partial charge in [0.25, 0.3) is 5.91 Å². The molecule has 0 spiro atoms. The summed E-state index contributed by atoms with van der Waals surface area (Å²) in [6, 6.07) is 2.01. The number of nitrogens with one attached hydrogen (secondary N) is 1. The van der Waals surface area contributed by atoms with Gasteiger partial charge in [-0.2, -0.15) is 0 Å². The Bertz CT molecular complexity index is 653. The molecule has 3 heterocycles. The Morgan fingerprint density at radius 3 is 3.00 bits per heavy atom. The van der Waals surface area contributed by atoms with Gasteiger partial charge < -0.3 is 21.4 Å². The summed E-state index contributed by atoms with van der Waals surface area (Å²) in [6.07, 6.45) is 2.66. The molecule has 0 unspecified atom stereocenters. The summed E-state index contributed by atoms with van der Waals surface area (Å²) < 4.78 is 0. The molecule has 2 aromatic rings. The van der Waals surface area contributed by atoms with Crippen LogP contribution in [-0.4, -0.2) is 35.0 Å². The Morgan fingerprint density at radius 2 is 2.37 bits per heavy atom. The number of aromatic nitrogens is 2. The lowest BCUT2D eigenvalue weighted by molar-refractivity contribution is 0.0996. The van der Waals surface area contributed by atoms with Crippen molar-refractivity contribution in [3.8, 4) is 0 Å². The number of nitrogens with zero attached hydrogens (tertiary/aromatic N) is 2. The Hall–Kier alpha value is -1.79. The second-order valence-electron chi connectivity index (χ2n) is 4.72. The van der Waals surface area contributed by atoms with Crippen LogP contribution in [0.3, 0.4) is 0 Å². The molecule has 6 nitrogen and oxygen atoms in total. The van der Waals surface area contributed by atoms with E-state index in [9.17, 15) is 4.79 Å². The van der Waals surface area contributed by atoms with E-state index in [0.29, 0.717) is 17.2 Å². The van der Waals surface area contributed by atoms with Crippen LogP contribution in [0.4, 0.5) is 5.69 Å². The molecule has 0 aromatic carbocycles. The van der Waals surface area contributed by atoms with Crippen LogP contribution in [0.2, 0.25) is 5.02 Å². The van der Waals surface area contributed by atoms with E-state index >= 15 is 0 Å². The summed E-state index contributed by atoms with van der Waals surface area (Å²) in [5.74, 6) is -0.633. The minimum absolute atomic E-state index is 0.0899. The van der Waals surface area contributed by atoms with Gasteiger partial charge >= 0.3 is 0 Å². The topological polar surface area (TPSA) is 101 Å². The highest BCUT2D eigenvalue weighted by Crippen LogP contribution is 2.36. The summed E-state index contributed by atoms with van der Waals surface area (Å²) in [6.45, 7) is 1.52. The molecule has 2 aromatic heterocycles. The quantitative estimate of drug-likeness (QED) is 0.758. The molecule has 1 amide bonds. The first kappa shape index (κ1) is 12.3. The minimum Gasteiger partial charge on any atom is -0.368 e. The van der Waals surface area contributed by atoms with Gasteiger partial charge in [-0.3, -0.25) is 4.79 Å². The maximum absolute atomic E-state index is 11.4. The normalized spacial score (nSPS) is 19.3. The van der Waals surface area contributed by atoms with Crippen LogP contribution in [0.25, 0.3) is 11.0 Å². The van der Waals surface area contributed by atoms with Crippen LogP contribution in [-0.2, 0) is 0 Å². The molecular weight excluding hydrogens is 266 g/mol. The molecule has 0 bridgehead atoms. The number of hydrogen-bond acceptors (Lipinski definition) is 4. The smallest absolute Gasteiger partial charge is 0.269 e. The van der Waals surface area contributed by atoms with Gasteiger partial charge in [-0.1, -0.05) is 11.6 Å². The van der Waals surface area contributed by atoms with Crippen molar-refractivity contribution in [3.63, 3.8) is 0 Å². The number of fused-ring (bicyclic) bond motifs is 1. The summed E-state index contributed by atoms with van der Waals surface area (Å²) in [4.78, 5) is 20.7. The number of anilines is 1. The first-order valence-electron chi connectivity index (χ1n) is 6.05. The number of amides is 1. The fourth-order valence-electron chi connectivity index (χ4n) is 2.50. The average Bonchev–Trinajstić information content (AvgIpc) is 2.96. The summed E-state index contributed by atoms with van der Waals surface area (Å²) in [5, 5.41) is 1.18. The van der Waals surface area contributed by atoms with Gasteiger partial charge in [0.2, 0.25) is 0 Å². The molecule has 1 saturated heterocycles. The number of nitrogens with two attached hydrogens (primary N) is 2. The van der Waals surface area contributed by atoms with Gasteiger partial charge in [0.1, 0.15) is 5.65 Å². The fraction of sp³-hybridized carbons (Fsp3) is 0.333. The number of H-pyrrole nitrogens is 1. The van der Waals surface area contributed by atoms with Gasteiger partial charge in [-0.25, -0.2) is 4.98 Å². The van der Waals surface area contributed by atoms with E-state index in [2.05, 4.69) is 14.9 Å². The number of carbonyl (C=O) groups excluding carboxylic acids is 1. The standard InChI is InChI=1S/C12H14ClN5O/c13-8-9(11(15)19)17-12-7(1-3-16-12)10(8)18-4-2-6(14)5-18/h1,3,6H,2,4-5,14H2,(H2,15,19)(H,16,17)/t6-/m1/s1. The van der Waals surface area contributed by atoms with E-state index in [4.69, 9.17) is 23.1 Å². The molecule has 19 heavy (non-hydrogen) atoms. The van der Waals surface area contributed by atoms with Gasteiger partial charge in [0.05, 0.1) is 10.7 Å². The summed E-state index contributed by atoms with van der Waals surface area (Å²) in [5.41, 5.74) is 12.7. The van der Waals surface area contributed by atoms with Crippen molar-refractivity contribution in [1.82, 2.24) is 9.97 Å². The van der Waals surface area contributed by atoms with Gasteiger partial charge in [0.15, 0.2) is 5.69 Å². The average molecular weight is 280 g/mol. The second kappa shape index (κ2) is 4.40. The van der Waals surface area contributed by atoms with Crippen LogP contribution in [0.15, 0.2) is 12.3 Å². The second-order valence-corrected chi connectivity index (χ2v) is 5.10. The van der Waals surface area contributed by atoms with Crippen LogP contribution in [0.5, 0.6) is 0 Å². The van der Waals surface area contributed by atoms with Gasteiger partial charge in [0, 0.05) is 30.7 Å². The van der Waals surface area contributed by atoms with E-state index in [-0.39, 0.29) is 11.7 Å². The first-order valence-corrected chi connectivity index (χ1v) is 6.42. The molecule has 1 fully saturated rings. The van der Waals surface area contributed by atoms with Crippen molar-refractivity contribution in [1.29, 1.82) is 0 Å². The highest BCUT2D eigenvalue weighted by molar-refractivity contribution is 6.37. The van der Waals surface area contributed by atoms with Crippen molar-refractivity contribution in [2.45, 2.75) is 12.5 Å². The monoisotopic (exact) mass is 279 g/mol. The van der Waals surface area contributed by atoms with E-state index in [1.165, 1.54) is 0 Å². The number of pyridine rings is 1. The lowest BCUT2D eigenvalue weighted by Gasteiger charge is -2.21. The molecule has 3 rings (SSSR count). The van der Waals surface area contributed by atoms with Crippen molar-refractivity contribution in [3.05, 3.63) is 23.0 Å². The third kappa shape index (κ3) is 1.93. The molecule has 0 saturated carbocycles. The highest BCUT2D eigenvalue weighted by Gasteiger charge is 2.26. The zero-order valence-electron chi connectivity index (χ0n) is 10.2. The summed E-state index contributed by atoms with van der Waals surface area (Å²) >= 11 is 6.31. The van der Waals surface area contributed by atoms with Crippen molar-refractivity contribution in [2.24, 2.45) is 11.5 Å². The van der Waals surface area contributed by atoms with Crippen LogP contribution in [0.1, 0.15) is 16.9 Å². The SMILES string of the molecule is NC(=O)c1nc2[nH]ccc2c(N2CC[C@@H](N)C2)c1Cl. The number of rotatable bonds is 2. The maximum atomic E-state index is 11.4. The van der Waals surface area contributed by atoms with Gasteiger partial charge in [-0.15, -0.1) is 0 Å². The van der Waals surface area contributed by atoms with E-state index in [0.717, 1.165) is 24.0 Å². The Morgan fingerprint density at radius 1 is 1.58 bits per heavy atom. The van der Waals surface area contributed by atoms with Crippen LogP contribution < -0.4 is 16.4 Å². The molecule has 100 valence electrons. The highest BCUT2D eigenvalue weighted by atomic mass is 35.5. The number of aromatic amines is 1. The Kier molecular flexibility index (Phi) is 2.83. The minimum atomic E-state index is -0.633. The molecule has 5 N–H and O–H groups in total. The van der Waals surface area contributed by atoms with E-state index in [1.807, 2.05) is 6.07 Å². The zero-order valence-corrected chi connectivity index (χ0v) is 10.9. The number of halogens is 1. The largest absolute Gasteiger partial charge is 0.368 e. The molecule has 7 heteroatoms. The molecular formula is C12H14ClN5O. The number of hydrogen-bond donors (Lipinski definition) is 3. The molecule has 0 radical (unpaired) electrons. The van der Waals surface area contributed by atoms with E-state index < -0.39 is 5.91 Å². The number of primary amides is 1. The van der Waals surface area contributed by atoms with Crippen LogP contribution in [0, 0.1) is 0 Å². The molecule has 0 aliphatic carbocycles. The van der Waals surface area contributed by atoms with Crippen LogP contribution >= 0.6 is 11.6 Å². The molecule has 1 atom stereocenters. The predicted octanol–water partition coefficient (Wildman–Crippen LogP) is 0.853. The van der Waals surface area contributed by atoms with Crippen molar-refractivity contribution in [2.75, 3.05) is 18.0 Å². The molecule has 1 aliphatic heterocycles. The lowest BCUT2D eigenvalue weighted by Crippen LogP contribution is -2.27. The fourth-order valence-corrected chi connectivity index (χ4v) is 2.86. The Balaban J connectivity index is 2.23. The van der Waals surface area contributed by atoms with Crippen molar-refractivity contribution < 1.29 is 4.79 Å².